The van der Waals surface area contributed by atoms with Crippen molar-refractivity contribution in [2.75, 3.05) is 33.4 Å². The van der Waals surface area contributed by atoms with Crippen molar-refractivity contribution in [1.29, 1.82) is 0 Å². The standard InChI is InChI=1S/C24H27NO5/c1-4-25(5-2)13-14-29-23(27)15-18-7-6-8-20-21(26)16-22(30-24(18)20)17-9-11-19(28-3)12-10-17/h6-12,16H,4-5,13-15H2,1-3H3. The number of carbonyl (C=O) groups is 1. The Morgan fingerprint density at radius 3 is 2.47 bits per heavy atom. The number of nitrogens with zero attached hydrogens (tertiary/aromatic N) is 1. The van der Waals surface area contributed by atoms with Gasteiger partial charge in [0.05, 0.1) is 18.9 Å². The van der Waals surface area contributed by atoms with E-state index in [2.05, 4.69) is 18.7 Å². The Bertz CT molecular complexity index is 1050. The second-order valence-electron chi connectivity index (χ2n) is 6.92. The summed E-state index contributed by atoms with van der Waals surface area (Å²) in [5.41, 5.74) is 1.65. The number of hydrogen-bond acceptors (Lipinski definition) is 6. The van der Waals surface area contributed by atoms with Crippen LogP contribution in [0, 0.1) is 0 Å². The molecule has 2 aromatic carbocycles. The molecule has 0 saturated heterocycles. The van der Waals surface area contributed by atoms with E-state index in [0.717, 1.165) is 24.4 Å². The van der Waals surface area contributed by atoms with Crippen molar-refractivity contribution in [2.45, 2.75) is 20.3 Å². The molecule has 0 aliphatic carbocycles. The molecular weight excluding hydrogens is 382 g/mol. The van der Waals surface area contributed by atoms with Gasteiger partial charge in [-0.05, 0) is 43.4 Å². The van der Waals surface area contributed by atoms with E-state index in [1.165, 1.54) is 6.07 Å². The van der Waals surface area contributed by atoms with E-state index < -0.39 is 0 Å². The minimum atomic E-state index is -0.341. The number of methoxy groups -OCH3 is 1. The first-order valence-electron chi connectivity index (χ1n) is 10.1. The van der Waals surface area contributed by atoms with Crippen LogP contribution in [0.25, 0.3) is 22.3 Å². The monoisotopic (exact) mass is 409 g/mol. The number of likely N-dealkylation sites (N-methyl/N-ethyl adjacent to an activating group) is 1. The zero-order valence-electron chi connectivity index (χ0n) is 17.6. The van der Waals surface area contributed by atoms with Gasteiger partial charge < -0.3 is 18.8 Å². The molecule has 3 rings (SSSR count). The van der Waals surface area contributed by atoms with Gasteiger partial charge in [-0.25, -0.2) is 0 Å². The van der Waals surface area contributed by atoms with Gasteiger partial charge in [-0.3, -0.25) is 9.59 Å². The van der Waals surface area contributed by atoms with Crippen molar-refractivity contribution in [3.63, 3.8) is 0 Å². The summed E-state index contributed by atoms with van der Waals surface area (Å²) in [5.74, 6) is 0.819. The van der Waals surface area contributed by atoms with Gasteiger partial charge in [0.1, 0.15) is 23.7 Å². The first-order valence-corrected chi connectivity index (χ1v) is 10.1. The minimum absolute atomic E-state index is 0.0462. The maximum atomic E-state index is 12.6. The molecule has 1 aromatic heterocycles. The molecule has 0 aliphatic rings. The summed E-state index contributed by atoms with van der Waals surface area (Å²) in [6.45, 7) is 7.01. The van der Waals surface area contributed by atoms with Crippen LogP contribution >= 0.6 is 0 Å². The zero-order chi connectivity index (χ0) is 21.5. The van der Waals surface area contributed by atoms with Crippen molar-refractivity contribution in [1.82, 2.24) is 4.90 Å². The highest BCUT2D eigenvalue weighted by Gasteiger charge is 2.14. The summed E-state index contributed by atoms with van der Waals surface area (Å²) in [6.07, 6.45) is 0.0462. The fourth-order valence-electron chi connectivity index (χ4n) is 3.31. The first kappa shape index (κ1) is 21.6. The lowest BCUT2D eigenvalue weighted by atomic mass is 10.1. The number of fused-ring (bicyclic) bond motifs is 1. The van der Waals surface area contributed by atoms with E-state index in [4.69, 9.17) is 13.9 Å². The molecule has 6 heteroatoms. The molecule has 1 heterocycles. The maximum absolute atomic E-state index is 12.6. The van der Waals surface area contributed by atoms with E-state index >= 15 is 0 Å². The molecule has 0 fully saturated rings. The van der Waals surface area contributed by atoms with Gasteiger partial charge in [-0.2, -0.15) is 0 Å². The average molecular weight is 409 g/mol. The van der Waals surface area contributed by atoms with Crippen LogP contribution in [0.5, 0.6) is 5.75 Å². The number of hydrogen-bond donors (Lipinski definition) is 0. The molecule has 30 heavy (non-hydrogen) atoms. The van der Waals surface area contributed by atoms with Crippen molar-refractivity contribution >= 4 is 16.9 Å². The molecule has 158 valence electrons. The summed E-state index contributed by atoms with van der Waals surface area (Å²) in [5, 5.41) is 0.445. The largest absolute Gasteiger partial charge is 0.497 e. The van der Waals surface area contributed by atoms with Crippen molar-refractivity contribution in [3.05, 3.63) is 64.3 Å². The minimum Gasteiger partial charge on any atom is -0.497 e. The summed E-state index contributed by atoms with van der Waals surface area (Å²) in [7, 11) is 1.60. The Balaban J connectivity index is 1.83. The molecule has 0 radical (unpaired) electrons. The van der Waals surface area contributed by atoms with E-state index in [1.807, 2.05) is 12.1 Å². The lowest BCUT2D eigenvalue weighted by molar-refractivity contribution is -0.143. The van der Waals surface area contributed by atoms with Crippen LogP contribution in [-0.2, 0) is 16.0 Å². The quantitative estimate of drug-likeness (QED) is 0.500. The molecule has 0 saturated carbocycles. The first-order chi connectivity index (χ1) is 14.5. The third-order valence-corrected chi connectivity index (χ3v) is 5.11. The number of para-hydroxylation sites is 1. The Morgan fingerprint density at radius 1 is 1.07 bits per heavy atom. The molecule has 0 amide bonds. The van der Waals surface area contributed by atoms with Gasteiger partial charge in [0.2, 0.25) is 0 Å². The SMILES string of the molecule is CCN(CC)CCOC(=O)Cc1cccc2c(=O)cc(-c3ccc(OC)cc3)oc12. The average Bonchev–Trinajstić information content (AvgIpc) is 2.77. The molecule has 0 N–H and O–H groups in total. The molecule has 6 nitrogen and oxygen atoms in total. The fraction of sp³-hybridized carbons (Fsp3) is 0.333. The van der Waals surface area contributed by atoms with Crippen molar-refractivity contribution < 1.29 is 18.7 Å². The Hall–Kier alpha value is -3.12. The maximum Gasteiger partial charge on any atom is 0.310 e. The summed E-state index contributed by atoms with van der Waals surface area (Å²) in [6, 6.07) is 14.0. The van der Waals surface area contributed by atoms with Gasteiger partial charge in [0, 0.05) is 23.7 Å². The highest BCUT2D eigenvalue weighted by Crippen LogP contribution is 2.26. The van der Waals surface area contributed by atoms with Gasteiger partial charge in [-0.15, -0.1) is 0 Å². The van der Waals surface area contributed by atoms with Gasteiger partial charge in [-0.1, -0.05) is 26.0 Å². The zero-order valence-corrected chi connectivity index (χ0v) is 17.6. The lowest BCUT2D eigenvalue weighted by Gasteiger charge is -2.17. The van der Waals surface area contributed by atoms with Gasteiger partial charge >= 0.3 is 5.97 Å². The van der Waals surface area contributed by atoms with Gasteiger partial charge in [0.15, 0.2) is 5.43 Å². The smallest absolute Gasteiger partial charge is 0.310 e. The Kier molecular flexibility index (Phi) is 7.25. The van der Waals surface area contributed by atoms with Crippen molar-refractivity contribution in [3.8, 4) is 17.1 Å². The van der Waals surface area contributed by atoms with E-state index in [1.54, 1.807) is 37.4 Å². The topological polar surface area (TPSA) is 69.0 Å². The number of esters is 1. The lowest BCUT2D eigenvalue weighted by Crippen LogP contribution is -2.28. The van der Waals surface area contributed by atoms with E-state index in [0.29, 0.717) is 35.4 Å². The van der Waals surface area contributed by atoms with Crippen molar-refractivity contribution in [2.24, 2.45) is 0 Å². The van der Waals surface area contributed by atoms with Crippen LogP contribution in [-0.4, -0.2) is 44.2 Å². The van der Waals surface area contributed by atoms with Crippen LogP contribution in [0.2, 0.25) is 0 Å². The highest BCUT2D eigenvalue weighted by atomic mass is 16.5. The van der Waals surface area contributed by atoms with Crippen LogP contribution in [0.15, 0.2) is 57.7 Å². The molecule has 0 atom stereocenters. The molecular formula is C24H27NO5. The number of ether oxygens (including phenoxy) is 2. The highest BCUT2D eigenvalue weighted by molar-refractivity contribution is 5.85. The third kappa shape index (κ3) is 5.07. The predicted octanol–water partition coefficient (Wildman–Crippen LogP) is 3.90. The fourth-order valence-corrected chi connectivity index (χ4v) is 3.31. The summed E-state index contributed by atoms with van der Waals surface area (Å²) in [4.78, 5) is 27.2. The predicted molar refractivity (Wildman–Crippen MR) is 117 cm³/mol. The number of carbonyl (C=O) groups excluding carboxylic acids is 1. The molecule has 0 aliphatic heterocycles. The third-order valence-electron chi connectivity index (χ3n) is 5.11. The van der Waals surface area contributed by atoms with Crippen LogP contribution in [0.1, 0.15) is 19.4 Å². The van der Waals surface area contributed by atoms with E-state index in [-0.39, 0.29) is 17.8 Å². The number of benzene rings is 2. The molecule has 3 aromatic rings. The Morgan fingerprint density at radius 2 is 1.80 bits per heavy atom. The summed E-state index contributed by atoms with van der Waals surface area (Å²) >= 11 is 0. The second-order valence-corrected chi connectivity index (χ2v) is 6.92. The van der Waals surface area contributed by atoms with E-state index in [9.17, 15) is 9.59 Å². The summed E-state index contributed by atoms with van der Waals surface area (Å²) < 4.78 is 16.6. The second kappa shape index (κ2) is 10.1. The van der Waals surface area contributed by atoms with Crippen LogP contribution < -0.4 is 10.2 Å². The van der Waals surface area contributed by atoms with Crippen LogP contribution in [0.4, 0.5) is 0 Å². The molecule has 0 spiro atoms. The number of rotatable bonds is 9. The molecule has 0 unspecified atom stereocenters. The van der Waals surface area contributed by atoms with Gasteiger partial charge in [0.25, 0.3) is 0 Å². The molecule has 0 bridgehead atoms. The normalized spacial score (nSPS) is 11.1. The Labute approximate surface area is 176 Å². The van der Waals surface area contributed by atoms with Crippen LogP contribution in [0.3, 0.4) is 0 Å².